The second-order valence-corrected chi connectivity index (χ2v) is 5.30. The Bertz CT molecular complexity index is 841. The highest BCUT2D eigenvalue weighted by Crippen LogP contribution is 2.10. The number of nitrogens with zero attached hydrogens (tertiary/aromatic N) is 5. The van der Waals surface area contributed by atoms with Crippen LogP contribution < -0.4 is 10.6 Å². The molecule has 0 fully saturated rings. The van der Waals surface area contributed by atoms with Crippen LogP contribution in [0.4, 0.5) is 0 Å². The summed E-state index contributed by atoms with van der Waals surface area (Å²) < 4.78 is 1.42. The van der Waals surface area contributed by atoms with Crippen LogP contribution in [0.2, 0.25) is 0 Å². The van der Waals surface area contributed by atoms with E-state index in [2.05, 4.69) is 36.1 Å². The summed E-state index contributed by atoms with van der Waals surface area (Å²) in [5.74, 6) is -0.441. The SMILES string of the molecule is C[C@H](CNC(=O)Cn1cncn1)NC(=O)c1ccc2n[nH]nc2c1. The molecule has 0 aliphatic rings. The van der Waals surface area contributed by atoms with E-state index >= 15 is 0 Å². The minimum absolute atomic E-state index is 0.0868. The molecule has 0 aliphatic heterocycles. The second kappa shape index (κ2) is 6.86. The number of carbonyl (C=O) groups is 2. The number of nitrogens with one attached hydrogen (secondary N) is 3. The Morgan fingerprint density at radius 1 is 1.29 bits per heavy atom. The molecule has 0 unspecified atom stereocenters. The van der Waals surface area contributed by atoms with Crippen molar-refractivity contribution in [3.63, 3.8) is 0 Å². The molecule has 0 bridgehead atoms. The summed E-state index contributed by atoms with van der Waals surface area (Å²) in [6, 6.07) is 4.82. The minimum atomic E-state index is -0.238. The summed E-state index contributed by atoms with van der Waals surface area (Å²) in [5.41, 5.74) is 1.80. The predicted molar refractivity (Wildman–Crippen MR) is 83.8 cm³/mol. The zero-order valence-electron chi connectivity index (χ0n) is 12.9. The quantitative estimate of drug-likeness (QED) is 0.558. The highest BCUT2D eigenvalue weighted by molar-refractivity contribution is 5.97. The van der Waals surface area contributed by atoms with E-state index in [1.807, 2.05) is 6.92 Å². The van der Waals surface area contributed by atoms with Crippen LogP contribution in [0, 0.1) is 0 Å². The van der Waals surface area contributed by atoms with Crippen molar-refractivity contribution in [2.75, 3.05) is 6.54 Å². The summed E-state index contributed by atoms with van der Waals surface area (Å²) in [7, 11) is 0. The van der Waals surface area contributed by atoms with Gasteiger partial charge in [-0.05, 0) is 25.1 Å². The highest BCUT2D eigenvalue weighted by atomic mass is 16.2. The van der Waals surface area contributed by atoms with Crippen molar-refractivity contribution in [3.05, 3.63) is 36.4 Å². The van der Waals surface area contributed by atoms with Gasteiger partial charge in [0.2, 0.25) is 5.91 Å². The van der Waals surface area contributed by atoms with Gasteiger partial charge in [0.05, 0.1) is 0 Å². The van der Waals surface area contributed by atoms with Crippen LogP contribution in [0.15, 0.2) is 30.9 Å². The van der Waals surface area contributed by atoms with Crippen molar-refractivity contribution in [2.24, 2.45) is 0 Å². The number of rotatable bonds is 6. The number of H-pyrrole nitrogens is 1. The molecule has 2 heterocycles. The van der Waals surface area contributed by atoms with Gasteiger partial charge in [-0.2, -0.15) is 20.5 Å². The number of aromatic amines is 1. The van der Waals surface area contributed by atoms with Gasteiger partial charge in [-0.1, -0.05) is 0 Å². The van der Waals surface area contributed by atoms with Gasteiger partial charge < -0.3 is 10.6 Å². The number of aromatic nitrogens is 6. The molecular weight excluding hydrogens is 312 g/mol. The molecular formula is C14H16N8O2. The molecule has 3 rings (SSSR count). The van der Waals surface area contributed by atoms with Crippen LogP contribution in [0.25, 0.3) is 11.0 Å². The first-order valence-electron chi connectivity index (χ1n) is 7.32. The molecule has 2 amide bonds. The van der Waals surface area contributed by atoms with Gasteiger partial charge in [-0.25, -0.2) is 9.67 Å². The molecule has 10 nitrogen and oxygen atoms in total. The fraction of sp³-hybridized carbons (Fsp3) is 0.286. The molecule has 1 atom stereocenters. The van der Waals surface area contributed by atoms with E-state index in [0.717, 1.165) is 0 Å². The third-order valence-electron chi connectivity index (χ3n) is 3.33. The lowest BCUT2D eigenvalue weighted by Crippen LogP contribution is -2.42. The first-order chi connectivity index (χ1) is 11.6. The second-order valence-electron chi connectivity index (χ2n) is 5.30. The Labute approximate surface area is 136 Å². The molecule has 3 N–H and O–H groups in total. The summed E-state index contributed by atoms with van der Waals surface area (Å²) in [4.78, 5) is 27.7. The maximum absolute atomic E-state index is 12.2. The largest absolute Gasteiger partial charge is 0.352 e. The third-order valence-corrected chi connectivity index (χ3v) is 3.33. The van der Waals surface area contributed by atoms with Gasteiger partial charge in [0.1, 0.15) is 30.2 Å². The number of benzene rings is 1. The molecule has 2 aromatic heterocycles. The van der Waals surface area contributed by atoms with Gasteiger partial charge in [-0.3, -0.25) is 9.59 Å². The summed E-state index contributed by atoms with van der Waals surface area (Å²) >= 11 is 0. The topological polar surface area (TPSA) is 130 Å². The predicted octanol–water partition coefficient (Wildman–Crippen LogP) is -0.516. The first-order valence-corrected chi connectivity index (χ1v) is 7.32. The lowest BCUT2D eigenvalue weighted by Gasteiger charge is -2.14. The molecule has 0 radical (unpaired) electrons. The van der Waals surface area contributed by atoms with E-state index in [-0.39, 0.29) is 24.4 Å². The van der Waals surface area contributed by atoms with E-state index < -0.39 is 0 Å². The van der Waals surface area contributed by atoms with Crippen LogP contribution >= 0.6 is 0 Å². The third kappa shape index (κ3) is 3.72. The standard InChI is InChI=1S/C14H16N8O2/c1-9(5-16-13(23)6-22-8-15-7-17-22)18-14(24)10-2-3-11-12(4-10)20-21-19-11/h2-4,7-9H,5-6H2,1H3,(H,16,23)(H,18,24)(H,19,20,21)/t9-/m1/s1. The fourth-order valence-corrected chi connectivity index (χ4v) is 2.12. The number of hydrogen-bond acceptors (Lipinski definition) is 6. The zero-order valence-corrected chi connectivity index (χ0v) is 12.9. The Kier molecular flexibility index (Phi) is 4.45. The Morgan fingerprint density at radius 3 is 2.92 bits per heavy atom. The number of amides is 2. The Hall–Kier alpha value is -3.30. The maximum atomic E-state index is 12.2. The van der Waals surface area contributed by atoms with Crippen molar-refractivity contribution in [1.29, 1.82) is 0 Å². The van der Waals surface area contributed by atoms with Gasteiger partial charge in [0, 0.05) is 18.2 Å². The zero-order chi connectivity index (χ0) is 16.9. The van der Waals surface area contributed by atoms with Crippen LogP contribution in [0.3, 0.4) is 0 Å². The fourth-order valence-electron chi connectivity index (χ4n) is 2.12. The van der Waals surface area contributed by atoms with Crippen LogP contribution in [0.1, 0.15) is 17.3 Å². The summed E-state index contributed by atoms with van der Waals surface area (Å²) in [6.45, 7) is 2.21. The number of fused-ring (bicyclic) bond motifs is 1. The van der Waals surface area contributed by atoms with E-state index in [4.69, 9.17) is 0 Å². The molecule has 24 heavy (non-hydrogen) atoms. The molecule has 0 aliphatic carbocycles. The average Bonchev–Trinajstić information content (AvgIpc) is 3.23. The van der Waals surface area contributed by atoms with Crippen molar-refractivity contribution >= 4 is 22.8 Å². The molecule has 10 heteroatoms. The lowest BCUT2D eigenvalue weighted by molar-refractivity contribution is -0.121. The van der Waals surface area contributed by atoms with Crippen LogP contribution in [-0.2, 0) is 11.3 Å². The van der Waals surface area contributed by atoms with Crippen LogP contribution in [-0.4, -0.2) is 54.6 Å². The maximum Gasteiger partial charge on any atom is 0.251 e. The first kappa shape index (κ1) is 15.6. The lowest BCUT2D eigenvalue weighted by atomic mass is 10.1. The highest BCUT2D eigenvalue weighted by Gasteiger charge is 2.12. The molecule has 0 saturated heterocycles. The summed E-state index contributed by atoms with van der Waals surface area (Å²) in [6.07, 6.45) is 2.83. The number of carbonyl (C=O) groups excluding carboxylic acids is 2. The van der Waals surface area contributed by atoms with Gasteiger partial charge >= 0.3 is 0 Å². The Morgan fingerprint density at radius 2 is 2.12 bits per heavy atom. The van der Waals surface area contributed by atoms with Gasteiger partial charge in [0.15, 0.2) is 0 Å². The van der Waals surface area contributed by atoms with E-state index in [1.54, 1.807) is 18.2 Å². The minimum Gasteiger partial charge on any atom is -0.352 e. The van der Waals surface area contributed by atoms with E-state index in [9.17, 15) is 9.59 Å². The van der Waals surface area contributed by atoms with Crippen molar-refractivity contribution in [1.82, 2.24) is 40.8 Å². The van der Waals surface area contributed by atoms with E-state index in [0.29, 0.717) is 23.1 Å². The molecule has 124 valence electrons. The number of hydrogen-bond donors (Lipinski definition) is 3. The van der Waals surface area contributed by atoms with Crippen molar-refractivity contribution in [3.8, 4) is 0 Å². The van der Waals surface area contributed by atoms with Crippen LogP contribution in [0.5, 0.6) is 0 Å². The normalized spacial score (nSPS) is 12.0. The molecule has 0 saturated carbocycles. The monoisotopic (exact) mass is 328 g/mol. The Balaban J connectivity index is 1.49. The molecule has 3 aromatic rings. The molecule has 1 aromatic carbocycles. The van der Waals surface area contributed by atoms with Gasteiger partial charge in [-0.15, -0.1) is 0 Å². The molecule has 0 spiro atoms. The summed E-state index contributed by atoms with van der Waals surface area (Å²) in [5, 5.41) is 19.8. The average molecular weight is 328 g/mol. The van der Waals surface area contributed by atoms with Crippen molar-refractivity contribution in [2.45, 2.75) is 19.5 Å². The smallest absolute Gasteiger partial charge is 0.251 e. The van der Waals surface area contributed by atoms with E-state index in [1.165, 1.54) is 17.3 Å². The van der Waals surface area contributed by atoms with Gasteiger partial charge in [0.25, 0.3) is 5.91 Å². The van der Waals surface area contributed by atoms with Crippen molar-refractivity contribution < 1.29 is 9.59 Å².